The average molecular weight is 841 g/mol. The number of anilines is 2. The summed E-state index contributed by atoms with van der Waals surface area (Å²) in [5, 5.41) is 21.2. The molecule has 312 valence electrons. The summed E-state index contributed by atoms with van der Waals surface area (Å²) in [5.74, 6) is -0.207. The molecule has 7 aromatic rings. The third-order valence-corrected chi connectivity index (χ3v) is 11.5. The van der Waals surface area contributed by atoms with Gasteiger partial charge in [0.2, 0.25) is 11.8 Å². The standard InChI is InChI=1S/C22H21F2N9O.C21H23ClFNO2/c23-14-3-4-17(16(24)12-14)31-8-5-30(6-9-31)7-10-32-20-15(13-26-32)21-27-19(18-2-1-11-34-18)29-33(21)22(25)28-20;22-18-7-5-17(6-8-18)21(26)11-14-24(15-12-21)13-1-2-20(25)16-3-9-19(23)10-4-16/h1-4,11-13H,5-10H2,(H2,25,28);3-10,26H,1-2,11-15H2. The van der Waals surface area contributed by atoms with Gasteiger partial charge in [-0.25, -0.2) is 22.8 Å². The van der Waals surface area contributed by atoms with Crippen molar-refractivity contribution in [3.8, 4) is 11.6 Å². The van der Waals surface area contributed by atoms with Crippen LogP contribution in [0, 0.1) is 17.5 Å². The second-order valence-corrected chi connectivity index (χ2v) is 15.5. The first-order chi connectivity index (χ1) is 29.0. The molecule has 0 radical (unpaired) electrons. The van der Waals surface area contributed by atoms with Crippen molar-refractivity contribution in [2.24, 2.45) is 0 Å². The van der Waals surface area contributed by atoms with E-state index in [0.29, 0.717) is 78.0 Å². The van der Waals surface area contributed by atoms with Crippen LogP contribution in [-0.2, 0) is 12.1 Å². The summed E-state index contributed by atoms with van der Waals surface area (Å²) in [4.78, 5) is 27.7. The Bertz CT molecular complexity index is 2550. The number of ketones is 1. The summed E-state index contributed by atoms with van der Waals surface area (Å²) in [6.07, 6.45) is 5.82. The van der Waals surface area contributed by atoms with Gasteiger partial charge in [-0.2, -0.15) is 14.6 Å². The first kappa shape index (κ1) is 40.9. The van der Waals surface area contributed by atoms with E-state index in [2.05, 4.69) is 30.0 Å². The number of benzene rings is 3. The quantitative estimate of drug-likeness (QED) is 0.132. The summed E-state index contributed by atoms with van der Waals surface area (Å²) in [5.41, 5.74) is 8.46. The van der Waals surface area contributed by atoms with E-state index >= 15 is 0 Å². The van der Waals surface area contributed by atoms with Crippen LogP contribution in [0.3, 0.4) is 0 Å². The molecule has 0 saturated carbocycles. The zero-order valence-electron chi connectivity index (χ0n) is 32.7. The van der Waals surface area contributed by atoms with Gasteiger partial charge in [0, 0.05) is 68.9 Å². The number of likely N-dealkylation sites (tertiary alicyclic amines) is 1. The molecule has 9 rings (SSSR count). The van der Waals surface area contributed by atoms with Crippen LogP contribution in [0.1, 0.15) is 41.6 Å². The number of aromatic nitrogens is 6. The number of aliphatic hydroxyl groups is 1. The van der Waals surface area contributed by atoms with Crippen molar-refractivity contribution in [1.82, 2.24) is 39.2 Å². The number of piperidine rings is 1. The van der Waals surface area contributed by atoms with Crippen LogP contribution in [0.5, 0.6) is 0 Å². The molecule has 0 atom stereocenters. The topological polar surface area (TPSA) is 147 Å². The highest BCUT2D eigenvalue weighted by Gasteiger charge is 2.33. The van der Waals surface area contributed by atoms with Crippen molar-refractivity contribution >= 4 is 45.7 Å². The molecule has 0 amide bonds. The maximum Gasteiger partial charge on any atom is 0.225 e. The van der Waals surface area contributed by atoms with E-state index in [1.165, 1.54) is 40.9 Å². The van der Waals surface area contributed by atoms with Gasteiger partial charge in [0.15, 0.2) is 22.8 Å². The fourth-order valence-electron chi connectivity index (χ4n) is 7.76. The number of furan rings is 1. The molecule has 0 aliphatic carbocycles. The molecule has 0 spiro atoms. The minimum Gasteiger partial charge on any atom is -0.461 e. The van der Waals surface area contributed by atoms with Crippen molar-refractivity contribution < 1.29 is 27.5 Å². The lowest BCUT2D eigenvalue weighted by Crippen LogP contribution is -2.47. The van der Waals surface area contributed by atoms with Crippen LogP contribution in [-0.4, -0.2) is 102 Å². The maximum atomic E-state index is 14.1. The van der Waals surface area contributed by atoms with Gasteiger partial charge in [-0.05, 0) is 92.0 Å². The molecule has 3 N–H and O–H groups in total. The minimum atomic E-state index is -0.801. The lowest BCUT2D eigenvalue weighted by atomic mass is 9.84. The number of hydrogen-bond donors (Lipinski definition) is 2. The SMILES string of the molecule is Nc1nc2c(cnn2CCN2CCN(c3ccc(F)cc3F)CC2)c2nc(-c3ccco3)nn12.O=C(CCCN1CCC(O)(c2ccc(Cl)cc2)CC1)c1ccc(F)cc1. The fraction of sp³-hybridized carbons (Fsp3) is 0.326. The zero-order chi connectivity index (χ0) is 41.8. The Morgan fingerprint density at radius 1 is 0.833 bits per heavy atom. The molecule has 0 bridgehead atoms. The van der Waals surface area contributed by atoms with Crippen LogP contribution in [0.4, 0.5) is 24.8 Å². The van der Waals surface area contributed by atoms with Gasteiger partial charge < -0.3 is 25.1 Å². The Balaban J connectivity index is 0.000000173. The Kier molecular flexibility index (Phi) is 12.2. The third kappa shape index (κ3) is 9.16. The molecule has 6 heterocycles. The fourth-order valence-corrected chi connectivity index (χ4v) is 7.88. The number of fused-ring (bicyclic) bond motifs is 3. The number of nitrogens with two attached hydrogens (primary N) is 1. The average Bonchev–Trinajstić information content (AvgIpc) is 4.03. The summed E-state index contributed by atoms with van der Waals surface area (Å²) in [6.45, 7) is 6.59. The molecular weight excluding hydrogens is 797 g/mol. The number of Topliss-reactive ketones (excluding diaryl/α,β-unsaturated/α-hetero) is 1. The van der Waals surface area contributed by atoms with Gasteiger partial charge in [0.05, 0.1) is 35.7 Å². The van der Waals surface area contributed by atoms with Gasteiger partial charge in [0.25, 0.3) is 0 Å². The Hall–Kier alpha value is -5.81. The first-order valence-electron chi connectivity index (χ1n) is 19.9. The third-order valence-electron chi connectivity index (χ3n) is 11.2. The Labute approximate surface area is 348 Å². The predicted molar refractivity (Wildman–Crippen MR) is 222 cm³/mol. The second kappa shape index (κ2) is 17.8. The molecule has 13 nitrogen and oxygen atoms in total. The van der Waals surface area contributed by atoms with Gasteiger partial charge >= 0.3 is 0 Å². The van der Waals surface area contributed by atoms with Crippen molar-refractivity contribution in [3.05, 3.63) is 125 Å². The molecule has 2 aliphatic heterocycles. The van der Waals surface area contributed by atoms with Gasteiger partial charge in [0.1, 0.15) is 17.5 Å². The highest BCUT2D eigenvalue weighted by Crippen LogP contribution is 2.33. The minimum absolute atomic E-state index is 0.0414. The van der Waals surface area contributed by atoms with Crippen molar-refractivity contribution in [2.75, 3.05) is 63.0 Å². The number of nitrogens with zero attached hydrogens (tertiary/aromatic N) is 9. The number of carbonyl (C=O) groups excluding carboxylic acids is 1. The van der Waals surface area contributed by atoms with Crippen LogP contribution >= 0.6 is 11.6 Å². The normalized spacial score (nSPS) is 16.0. The Morgan fingerprint density at radius 2 is 1.55 bits per heavy atom. The Morgan fingerprint density at radius 3 is 2.25 bits per heavy atom. The van der Waals surface area contributed by atoms with E-state index in [1.807, 2.05) is 29.2 Å². The second-order valence-electron chi connectivity index (χ2n) is 15.1. The van der Waals surface area contributed by atoms with Gasteiger partial charge in [-0.15, -0.1) is 5.10 Å². The highest BCUT2D eigenvalue weighted by molar-refractivity contribution is 6.30. The summed E-state index contributed by atoms with van der Waals surface area (Å²) in [7, 11) is 0. The molecule has 4 aromatic heterocycles. The van der Waals surface area contributed by atoms with E-state index < -0.39 is 17.2 Å². The monoisotopic (exact) mass is 840 g/mol. The number of hydrogen-bond acceptors (Lipinski definition) is 11. The smallest absolute Gasteiger partial charge is 0.225 e. The number of carbonyl (C=O) groups is 1. The molecule has 0 unspecified atom stereocenters. The summed E-state index contributed by atoms with van der Waals surface area (Å²) < 4.78 is 48.9. The largest absolute Gasteiger partial charge is 0.461 e. The zero-order valence-corrected chi connectivity index (χ0v) is 33.5. The lowest BCUT2D eigenvalue weighted by Gasteiger charge is -2.38. The summed E-state index contributed by atoms with van der Waals surface area (Å²) >= 11 is 5.92. The number of halogens is 4. The lowest BCUT2D eigenvalue weighted by molar-refractivity contribution is -0.0260. The van der Waals surface area contributed by atoms with Gasteiger partial charge in [-0.1, -0.05) is 23.7 Å². The maximum absolute atomic E-state index is 14.1. The molecule has 17 heteroatoms. The molecule has 2 saturated heterocycles. The predicted octanol–water partition coefficient (Wildman–Crippen LogP) is 6.84. The van der Waals surface area contributed by atoms with Crippen LogP contribution in [0.15, 0.2) is 95.7 Å². The number of piperazine rings is 1. The van der Waals surface area contributed by atoms with E-state index in [1.54, 1.807) is 29.3 Å². The molecular formula is C43H44ClF3N10O3. The molecule has 2 fully saturated rings. The van der Waals surface area contributed by atoms with E-state index in [9.17, 15) is 23.1 Å². The summed E-state index contributed by atoms with van der Waals surface area (Å²) in [6, 6.07) is 20.3. The number of nitrogen functional groups attached to an aromatic ring is 1. The first-order valence-corrected chi connectivity index (χ1v) is 20.2. The molecule has 2 aliphatic rings. The van der Waals surface area contributed by atoms with Crippen molar-refractivity contribution in [2.45, 2.75) is 37.8 Å². The van der Waals surface area contributed by atoms with E-state index in [4.69, 9.17) is 21.8 Å². The van der Waals surface area contributed by atoms with Crippen LogP contribution in [0.2, 0.25) is 5.02 Å². The van der Waals surface area contributed by atoms with E-state index in [-0.39, 0.29) is 17.5 Å². The number of rotatable bonds is 11. The molecule has 3 aromatic carbocycles. The van der Waals surface area contributed by atoms with Crippen LogP contribution in [0.25, 0.3) is 28.3 Å². The molecule has 60 heavy (non-hydrogen) atoms. The highest BCUT2D eigenvalue weighted by atomic mass is 35.5. The van der Waals surface area contributed by atoms with Crippen molar-refractivity contribution in [1.29, 1.82) is 0 Å². The van der Waals surface area contributed by atoms with E-state index in [0.717, 1.165) is 62.7 Å². The van der Waals surface area contributed by atoms with Crippen LogP contribution < -0.4 is 10.6 Å². The van der Waals surface area contributed by atoms with Crippen molar-refractivity contribution in [3.63, 3.8) is 0 Å². The van der Waals surface area contributed by atoms with Gasteiger partial charge in [-0.3, -0.25) is 9.69 Å².